The van der Waals surface area contributed by atoms with Gasteiger partial charge in [-0.25, -0.2) is 0 Å². The van der Waals surface area contributed by atoms with E-state index in [-0.39, 0.29) is 7.83 Å². The predicted octanol–water partition coefficient (Wildman–Crippen LogP) is 1.19. The lowest BCUT2D eigenvalue weighted by Crippen LogP contribution is -2.34. The molecule has 0 atom stereocenters. The summed E-state index contributed by atoms with van der Waals surface area (Å²) in [6.45, 7) is 0. The molecule has 0 saturated heterocycles. The van der Waals surface area contributed by atoms with Gasteiger partial charge in [0.05, 0.1) is 0 Å². The molecule has 0 aromatic rings. The van der Waals surface area contributed by atoms with E-state index in [4.69, 9.17) is 0 Å². The molecule has 0 fully saturated rings. The highest BCUT2D eigenvalue weighted by Crippen LogP contribution is 1.82. The van der Waals surface area contributed by atoms with Crippen LogP contribution in [0.1, 0.15) is 0 Å². The van der Waals surface area contributed by atoms with E-state index in [1.807, 2.05) is 0 Å². The highest BCUT2D eigenvalue weighted by atomic mass is 127. The van der Waals surface area contributed by atoms with E-state index in [9.17, 15) is 9.59 Å². The molecular weight excluding hydrogens is 338 g/mol. The largest absolute Gasteiger partial charge is 0.298 e. The number of hydrogen-bond donors (Lipinski definition) is 2. The Morgan fingerprint density at radius 1 is 1.00 bits per heavy atom. The minimum absolute atomic E-state index is 0.312. The molecule has 8 heavy (non-hydrogen) atoms. The first-order chi connectivity index (χ1) is 3.63. The third kappa shape index (κ3) is 6.40. The SMILES string of the molecule is O=C(I)NNC(=O)I. The molecule has 46 valence electrons. The van der Waals surface area contributed by atoms with Crippen LogP contribution < -0.4 is 10.9 Å². The fraction of sp³-hybridized carbons (Fsp3) is 0. The number of rotatable bonds is 0. The lowest BCUT2D eigenvalue weighted by atomic mass is 11.3. The molecule has 0 rings (SSSR count). The van der Waals surface area contributed by atoms with Crippen LogP contribution in [0.3, 0.4) is 0 Å². The van der Waals surface area contributed by atoms with Crippen LogP contribution in [-0.4, -0.2) is 7.83 Å². The topological polar surface area (TPSA) is 58.2 Å². The molecule has 0 bridgehead atoms. The first-order valence-electron chi connectivity index (χ1n) is 1.54. The molecule has 2 N–H and O–H groups in total. The van der Waals surface area contributed by atoms with Crippen molar-refractivity contribution in [2.24, 2.45) is 0 Å². The van der Waals surface area contributed by atoms with Gasteiger partial charge in [-0.2, -0.15) is 0 Å². The van der Waals surface area contributed by atoms with Crippen molar-refractivity contribution in [1.82, 2.24) is 10.9 Å². The molecule has 0 aliphatic carbocycles. The van der Waals surface area contributed by atoms with Gasteiger partial charge in [-0.3, -0.25) is 20.4 Å². The van der Waals surface area contributed by atoms with Crippen molar-refractivity contribution in [2.75, 3.05) is 0 Å². The second kappa shape index (κ2) is 4.30. The van der Waals surface area contributed by atoms with E-state index in [0.29, 0.717) is 0 Å². The second-order valence-electron chi connectivity index (χ2n) is 0.797. The quantitative estimate of drug-likeness (QED) is 0.301. The van der Waals surface area contributed by atoms with Crippen LogP contribution in [0.15, 0.2) is 0 Å². The van der Waals surface area contributed by atoms with Gasteiger partial charge in [-0.1, -0.05) is 0 Å². The fourth-order valence-electron chi connectivity index (χ4n) is 0.0983. The Kier molecular flexibility index (Phi) is 4.51. The minimum Gasteiger partial charge on any atom is -0.261 e. The highest BCUT2D eigenvalue weighted by molar-refractivity contribution is 14.1. The average Bonchev–Trinajstić information content (AvgIpc) is 1.61. The van der Waals surface area contributed by atoms with Gasteiger partial charge in [0.2, 0.25) is 0 Å². The van der Waals surface area contributed by atoms with Gasteiger partial charge < -0.3 is 0 Å². The standard InChI is InChI=1S/C2H2I2N2O2/c3-1(7)5-6-2(4)8/h(H,5,7)(H,6,8). The third-order valence-corrected chi connectivity index (χ3v) is 0.798. The van der Waals surface area contributed by atoms with Crippen molar-refractivity contribution in [3.63, 3.8) is 0 Å². The van der Waals surface area contributed by atoms with Gasteiger partial charge in [0.15, 0.2) is 0 Å². The summed E-state index contributed by atoms with van der Waals surface area (Å²) in [6, 6.07) is 0. The number of carbonyl (C=O) groups is 2. The maximum Gasteiger partial charge on any atom is 0.298 e. The Morgan fingerprint density at radius 2 is 1.25 bits per heavy atom. The van der Waals surface area contributed by atoms with Crippen LogP contribution in [0, 0.1) is 0 Å². The van der Waals surface area contributed by atoms with E-state index < -0.39 is 0 Å². The monoisotopic (exact) mass is 340 g/mol. The molecule has 0 spiro atoms. The zero-order chi connectivity index (χ0) is 6.57. The minimum atomic E-state index is -0.312. The molecule has 4 nitrogen and oxygen atoms in total. The number of amides is 2. The van der Waals surface area contributed by atoms with Crippen LogP contribution in [0.2, 0.25) is 0 Å². The van der Waals surface area contributed by atoms with E-state index >= 15 is 0 Å². The maximum atomic E-state index is 10.0. The van der Waals surface area contributed by atoms with Crippen LogP contribution in [0.5, 0.6) is 0 Å². The molecule has 0 heterocycles. The fourth-order valence-corrected chi connectivity index (χ4v) is 0.368. The van der Waals surface area contributed by atoms with Crippen molar-refractivity contribution in [3.8, 4) is 0 Å². The molecule has 0 unspecified atom stereocenters. The van der Waals surface area contributed by atoms with Crippen LogP contribution in [0.25, 0.3) is 0 Å². The first kappa shape index (κ1) is 8.40. The van der Waals surface area contributed by atoms with Crippen molar-refractivity contribution in [2.45, 2.75) is 0 Å². The Hall–Kier alpha value is 0.400. The smallest absolute Gasteiger partial charge is 0.261 e. The molecule has 2 amide bonds. The lowest BCUT2D eigenvalue weighted by Gasteiger charge is -1.95. The summed E-state index contributed by atoms with van der Waals surface area (Å²) in [5, 5.41) is 0. The van der Waals surface area contributed by atoms with Crippen molar-refractivity contribution in [1.29, 1.82) is 0 Å². The summed E-state index contributed by atoms with van der Waals surface area (Å²) in [7, 11) is 0. The van der Waals surface area contributed by atoms with E-state index in [0.717, 1.165) is 0 Å². The first-order valence-corrected chi connectivity index (χ1v) is 3.69. The third-order valence-electron chi connectivity index (χ3n) is 0.259. The van der Waals surface area contributed by atoms with Crippen molar-refractivity contribution in [3.05, 3.63) is 0 Å². The predicted molar refractivity (Wildman–Crippen MR) is 45.1 cm³/mol. The van der Waals surface area contributed by atoms with E-state index in [2.05, 4.69) is 10.9 Å². The summed E-state index contributed by atoms with van der Waals surface area (Å²) in [5.41, 5.74) is 4.17. The van der Waals surface area contributed by atoms with Gasteiger partial charge in [-0.15, -0.1) is 0 Å². The van der Waals surface area contributed by atoms with Gasteiger partial charge in [0, 0.05) is 45.2 Å². The molecule has 0 saturated carbocycles. The molecule has 6 heteroatoms. The Balaban J connectivity index is 3.18. The van der Waals surface area contributed by atoms with Crippen molar-refractivity contribution < 1.29 is 9.59 Å². The summed E-state index contributed by atoms with van der Waals surface area (Å²) in [4.78, 5) is 20.0. The van der Waals surface area contributed by atoms with Crippen LogP contribution >= 0.6 is 45.2 Å². The molecule has 0 aliphatic heterocycles. The summed E-state index contributed by atoms with van der Waals surface area (Å²) < 4.78 is -0.625. The van der Waals surface area contributed by atoms with Gasteiger partial charge in [0.1, 0.15) is 0 Å². The summed E-state index contributed by atoms with van der Waals surface area (Å²) in [5.74, 6) is 0. The molecular formula is C2H2I2N2O2. The molecule has 0 aliphatic rings. The highest BCUT2D eigenvalue weighted by Gasteiger charge is 1.92. The number of halogens is 2. The molecule has 0 aromatic heterocycles. The normalized spacial score (nSPS) is 7.75. The lowest BCUT2D eigenvalue weighted by molar-refractivity contribution is 0.250. The molecule has 0 aromatic carbocycles. The van der Waals surface area contributed by atoms with Crippen molar-refractivity contribution >= 4 is 53.0 Å². The van der Waals surface area contributed by atoms with Gasteiger partial charge in [0.25, 0.3) is 7.83 Å². The number of hydrogen-bond acceptors (Lipinski definition) is 2. The summed E-state index contributed by atoms with van der Waals surface area (Å²) >= 11 is 3.02. The summed E-state index contributed by atoms with van der Waals surface area (Å²) in [6.07, 6.45) is 0. The zero-order valence-corrected chi connectivity index (χ0v) is 7.89. The number of nitrogens with one attached hydrogen (secondary N) is 2. The second-order valence-corrected chi connectivity index (χ2v) is 2.76. The zero-order valence-electron chi connectivity index (χ0n) is 3.57. The Bertz CT molecular complexity index is 101. The Morgan fingerprint density at radius 3 is 1.38 bits per heavy atom. The maximum absolute atomic E-state index is 10.0. The number of carbonyl (C=O) groups excluding carboxylic acids is 2. The number of hydrazine groups is 1. The van der Waals surface area contributed by atoms with Crippen LogP contribution in [-0.2, 0) is 0 Å². The molecule has 0 radical (unpaired) electrons. The van der Waals surface area contributed by atoms with Crippen LogP contribution in [0.4, 0.5) is 9.59 Å². The Labute approximate surface area is 73.0 Å². The van der Waals surface area contributed by atoms with Gasteiger partial charge >= 0.3 is 0 Å². The van der Waals surface area contributed by atoms with E-state index in [1.165, 1.54) is 45.2 Å². The van der Waals surface area contributed by atoms with Gasteiger partial charge in [-0.05, 0) is 0 Å². The average molecular weight is 340 g/mol. The van der Waals surface area contributed by atoms with E-state index in [1.54, 1.807) is 0 Å².